The summed E-state index contributed by atoms with van der Waals surface area (Å²) in [6, 6.07) is 3.17. The largest absolute Gasteiger partial charge is 0.442 e. The molecule has 1 atom stereocenters. The van der Waals surface area contributed by atoms with Gasteiger partial charge in [0.15, 0.2) is 5.76 Å². The minimum atomic E-state index is -4.60. The van der Waals surface area contributed by atoms with Gasteiger partial charge in [0, 0.05) is 26.6 Å². The summed E-state index contributed by atoms with van der Waals surface area (Å²) in [4.78, 5) is 11.4. The number of hydrogen-bond donors (Lipinski definition) is 2. The van der Waals surface area contributed by atoms with Gasteiger partial charge in [0.05, 0.1) is 0 Å². The van der Waals surface area contributed by atoms with E-state index < -0.39 is 21.9 Å². The average molecular weight is 406 g/mol. The van der Waals surface area contributed by atoms with Crippen LogP contribution in [0.5, 0.6) is 0 Å². The number of aromatic amines is 1. The Bertz CT molecular complexity index is 935. The van der Waals surface area contributed by atoms with Gasteiger partial charge in [-0.25, -0.2) is 8.42 Å². The number of alkyl halides is 3. The maximum absolute atomic E-state index is 12.7. The molecule has 0 aromatic carbocycles. The van der Waals surface area contributed by atoms with Crippen LogP contribution in [-0.4, -0.2) is 49.0 Å². The molecular weight excluding hydrogens is 389 g/mol. The fourth-order valence-corrected chi connectivity index (χ4v) is 4.31. The molecule has 1 fully saturated rings. The van der Waals surface area contributed by atoms with E-state index in [0.29, 0.717) is 6.42 Å². The maximum Gasteiger partial charge on any atom is 0.432 e. The van der Waals surface area contributed by atoms with Crippen molar-refractivity contribution in [2.24, 2.45) is 5.92 Å². The monoisotopic (exact) mass is 406 g/mol. The van der Waals surface area contributed by atoms with Crippen LogP contribution >= 0.6 is 0 Å². The topological polar surface area (TPSA) is 108 Å². The second-order valence-corrected chi connectivity index (χ2v) is 8.05. The lowest BCUT2D eigenvalue weighted by Gasteiger charge is -2.14. The van der Waals surface area contributed by atoms with Crippen molar-refractivity contribution in [2.45, 2.75) is 24.1 Å². The smallest absolute Gasteiger partial charge is 0.432 e. The summed E-state index contributed by atoms with van der Waals surface area (Å²) >= 11 is 0. The maximum atomic E-state index is 12.7. The molecule has 0 spiro atoms. The summed E-state index contributed by atoms with van der Waals surface area (Å²) in [6.07, 6.45) is -3.84. The van der Waals surface area contributed by atoms with Crippen LogP contribution < -0.4 is 5.32 Å². The standard InChI is InChI=1S/C15H17F3N4O4S/c1-19-13(23)6-9-4-5-22(8-9)27(24,25)14-3-2-11(26-14)10-7-12(21-20-10)15(16,17)18/h2-3,7,9H,4-6,8H2,1H3,(H,19,23)(H,20,21). The van der Waals surface area contributed by atoms with Crippen LogP contribution in [0.3, 0.4) is 0 Å². The van der Waals surface area contributed by atoms with Gasteiger partial charge < -0.3 is 9.73 Å². The van der Waals surface area contributed by atoms with E-state index in [-0.39, 0.29) is 47.9 Å². The second kappa shape index (κ2) is 7.00. The third kappa shape index (κ3) is 4.00. The van der Waals surface area contributed by atoms with E-state index in [0.717, 1.165) is 6.07 Å². The molecular formula is C15H17F3N4O4S. The van der Waals surface area contributed by atoms with Gasteiger partial charge in [-0.3, -0.25) is 9.89 Å². The first kappa shape index (κ1) is 19.4. The number of amides is 1. The van der Waals surface area contributed by atoms with Crippen molar-refractivity contribution in [2.75, 3.05) is 20.1 Å². The molecule has 1 unspecified atom stereocenters. The number of carbonyl (C=O) groups is 1. The zero-order chi connectivity index (χ0) is 19.8. The van der Waals surface area contributed by atoms with E-state index >= 15 is 0 Å². The van der Waals surface area contributed by atoms with Crippen LogP contribution in [0.2, 0.25) is 0 Å². The minimum Gasteiger partial charge on any atom is -0.442 e. The van der Waals surface area contributed by atoms with Gasteiger partial charge in [0.1, 0.15) is 11.4 Å². The number of H-pyrrole nitrogens is 1. The summed E-state index contributed by atoms with van der Waals surface area (Å²) in [7, 11) is -2.44. The molecule has 148 valence electrons. The number of halogens is 3. The molecule has 3 heterocycles. The molecule has 1 saturated heterocycles. The van der Waals surface area contributed by atoms with E-state index in [1.165, 1.54) is 23.5 Å². The van der Waals surface area contributed by atoms with Crippen LogP contribution in [0.4, 0.5) is 13.2 Å². The SMILES string of the molecule is CNC(=O)CC1CCN(S(=O)(=O)c2ccc(-c3cc(C(F)(F)F)[nH]n3)o2)C1. The van der Waals surface area contributed by atoms with Gasteiger partial charge in [0.2, 0.25) is 11.0 Å². The summed E-state index contributed by atoms with van der Waals surface area (Å²) in [5.41, 5.74) is -1.21. The molecule has 0 saturated carbocycles. The molecule has 1 aliphatic heterocycles. The molecule has 0 aliphatic carbocycles. The summed E-state index contributed by atoms with van der Waals surface area (Å²) in [5.74, 6) is -0.366. The molecule has 2 aromatic rings. The highest BCUT2D eigenvalue weighted by molar-refractivity contribution is 7.89. The van der Waals surface area contributed by atoms with Gasteiger partial charge in [0.25, 0.3) is 10.0 Å². The number of nitrogens with zero attached hydrogens (tertiary/aromatic N) is 2. The number of nitrogens with one attached hydrogen (secondary N) is 2. The van der Waals surface area contributed by atoms with Gasteiger partial charge in [-0.15, -0.1) is 0 Å². The predicted molar refractivity (Wildman–Crippen MR) is 86.8 cm³/mol. The number of aromatic nitrogens is 2. The Balaban J connectivity index is 1.75. The lowest BCUT2D eigenvalue weighted by atomic mass is 10.1. The molecule has 2 aromatic heterocycles. The molecule has 0 radical (unpaired) electrons. The van der Waals surface area contributed by atoms with Crippen LogP contribution in [0, 0.1) is 5.92 Å². The van der Waals surface area contributed by atoms with Crippen molar-refractivity contribution in [1.29, 1.82) is 0 Å². The van der Waals surface area contributed by atoms with Crippen molar-refractivity contribution in [3.05, 3.63) is 23.9 Å². The number of rotatable bonds is 5. The predicted octanol–water partition coefficient (Wildman–Crippen LogP) is 1.84. The van der Waals surface area contributed by atoms with Crippen LogP contribution in [-0.2, 0) is 21.0 Å². The molecule has 1 amide bonds. The van der Waals surface area contributed by atoms with E-state index in [4.69, 9.17) is 4.42 Å². The first-order chi connectivity index (χ1) is 12.6. The van der Waals surface area contributed by atoms with Gasteiger partial charge in [-0.1, -0.05) is 0 Å². The molecule has 8 nitrogen and oxygen atoms in total. The van der Waals surface area contributed by atoms with E-state index in [1.54, 1.807) is 0 Å². The number of carbonyl (C=O) groups excluding carboxylic acids is 1. The Morgan fingerprint density at radius 1 is 1.44 bits per heavy atom. The second-order valence-electron chi connectivity index (χ2n) is 6.18. The van der Waals surface area contributed by atoms with Crippen molar-refractivity contribution in [3.63, 3.8) is 0 Å². The molecule has 0 bridgehead atoms. The molecule has 1 aliphatic rings. The van der Waals surface area contributed by atoms with Crippen LogP contribution in [0.1, 0.15) is 18.5 Å². The molecule has 3 rings (SSSR count). The first-order valence-electron chi connectivity index (χ1n) is 8.05. The summed E-state index contributed by atoms with van der Waals surface area (Å²) < 4.78 is 69.7. The van der Waals surface area contributed by atoms with Crippen LogP contribution in [0.15, 0.2) is 27.7 Å². The van der Waals surface area contributed by atoms with Crippen molar-refractivity contribution >= 4 is 15.9 Å². The Kier molecular flexibility index (Phi) is 5.04. The van der Waals surface area contributed by atoms with Crippen molar-refractivity contribution in [1.82, 2.24) is 19.8 Å². The molecule has 27 heavy (non-hydrogen) atoms. The normalized spacial score (nSPS) is 18.7. The lowest BCUT2D eigenvalue weighted by Crippen LogP contribution is -2.29. The zero-order valence-corrected chi connectivity index (χ0v) is 15.0. The Labute approximate surface area is 152 Å². The molecule has 2 N–H and O–H groups in total. The Morgan fingerprint density at radius 2 is 2.19 bits per heavy atom. The van der Waals surface area contributed by atoms with Crippen LogP contribution in [0.25, 0.3) is 11.5 Å². The highest BCUT2D eigenvalue weighted by atomic mass is 32.2. The highest BCUT2D eigenvalue weighted by Gasteiger charge is 2.36. The fraction of sp³-hybridized carbons (Fsp3) is 0.467. The van der Waals surface area contributed by atoms with Crippen molar-refractivity contribution < 1.29 is 30.8 Å². The van der Waals surface area contributed by atoms with E-state index in [2.05, 4.69) is 10.4 Å². The van der Waals surface area contributed by atoms with Crippen molar-refractivity contribution in [3.8, 4) is 11.5 Å². The minimum absolute atomic E-state index is 0.0959. The van der Waals surface area contributed by atoms with Gasteiger partial charge >= 0.3 is 6.18 Å². The third-order valence-corrected chi connectivity index (χ3v) is 6.05. The zero-order valence-electron chi connectivity index (χ0n) is 14.2. The number of hydrogen-bond acceptors (Lipinski definition) is 5. The fourth-order valence-electron chi connectivity index (χ4n) is 2.86. The Morgan fingerprint density at radius 3 is 2.81 bits per heavy atom. The Hall–Kier alpha value is -2.34. The summed E-state index contributed by atoms with van der Waals surface area (Å²) in [6.45, 7) is 0.410. The number of sulfonamides is 1. The first-order valence-corrected chi connectivity index (χ1v) is 9.49. The van der Waals surface area contributed by atoms with Gasteiger partial charge in [-0.2, -0.15) is 22.6 Å². The van der Waals surface area contributed by atoms with E-state index in [1.807, 2.05) is 5.10 Å². The van der Waals surface area contributed by atoms with E-state index in [9.17, 15) is 26.4 Å². The summed E-state index contributed by atoms with van der Waals surface area (Å²) in [5, 5.41) is 7.47. The highest BCUT2D eigenvalue weighted by Crippen LogP contribution is 2.33. The lowest BCUT2D eigenvalue weighted by molar-refractivity contribution is -0.141. The number of furan rings is 1. The average Bonchev–Trinajstić information content (AvgIpc) is 3.32. The third-order valence-electron chi connectivity index (χ3n) is 4.31. The molecule has 12 heteroatoms. The van der Waals surface area contributed by atoms with Gasteiger partial charge in [-0.05, 0) is 30.5 Å². The quantitative estimate of drug-likeness (QED) is 0.788.